The second kappa shape index (κ2) is 13.9. The fraction of sp³-hybridized carbons (Fsp3) is 0.233. The third-order valence-corrected chi connectivity index (χ3v) is 9.79. The summed E-state index contributed by atoms with van der Waals surface area (Å²) in [5.41, 5.74) is 23.0. The van der Waals surface area contributed by atoms with Crippen molar-refractivity contribution >= 4 is 35.4 Å². The number of rotatable bonds is 8. The number of pyridine rings is 2. The van der Waals surface area contributed by atoms with Gasteiger partial charge in [0.1, 0.15) is 0 Å². The maximum Gasteiger partial charge on any atom is 0.243 e. The van der Waals surface area contributed by atoms with Crippen LogP contribution < -0.4 is 16.4 Å². The summed E-state index contributed by atoms with van der Waals surface area (Å²) in [4.78, 5) is 12.9. The molecule has 0 unspecified atom stereocenters. The van der Waals surface area contributed by atoms with E-state index < -0.39 is 0 Å². The summed E-state index contributed by atoms with van der Waals surface area (Å²) in [5.74, 6) is 0. The Morgan fingerprint density at radius 3 is 1.51 bits per heavy atom. The van der Waals surface area contributed by atoms with Crippen LogP contribution in [0.4, 0.5) is 0 Å². The zero-order valence-corrected chi connectivity index (χ0v) is 29.7. The average molecular weight is 616 g/mol. The van der Waals surface area contributed by atoms with E-state index in [9.17, 15) is 0 Å². The fourth-order valence-electron chi connectivity index (χ4n) is 8.22. The Morgan fingerprint density at radius 2 is 1.09 bits per heavy atom. The lowest BCUT2D eigenvalue weighted by atomic mass is 9.32. The second-order valence-corrected chi connectivity index (χ2v) is 13.1. The van der Waals surface area contributed by atoms with Gasteiger partial charge < -0.3 is 0 Å². The van der Waals surface area contributed by atoms with Crippen LogP contribution in [-0.4, -0.2) is 23.4 Å². The van der Waals surface area contributed by atoms with Crippen LogP contribution in [0.15, 0.2) is 90.6 Å². The molecule has 5 rings (SSSR count). The van der Waals surface area contributed by atoms with Gasteiger partial charge in [-0.05, 0) is 150 Å². The molecule has 0 amide bonds. The van der Waals surface area contributed by atoms with E-state index in [4.69, 9.17) is 0 Å². The van der Waals surface area contributed by atoms with Crippen LogP contribution >= 0.6 is 0 Å². The minimum Gasteiger partial charge on any atom is -0.273 e. The molecule has 0 radical (unpaired) electrons. The van der Waals surface area contributed by atoms with Gasteiger partial charge in [-0.3, -0.25) is 15.0 Å². The Bertz CT molecular complexity index is 1940. The molecule has 5 aromatic rings. The molecule has 0 fully saturated rings. The molecule has 0 bridgehead atoms. The quantitative estimate of drug-likeness (QED) is 0.0995. The van der Waals surface area contributed by atoms with Gasteiger partial charge in [0.25, 0.3) is 0 Å². The molecule has 0 N–H and O–H groups in total. The van der Waals surface area contributed by atoms with Crippen LogP contribution in [-0.2, 0) is 0 Å². The second-order valence-electron chi connectivity index (χ2n) is 13.1. The summed E-state index contributed by atoms with van der Waals surface area (Å²) in [5, 5.41) is 0. The van der Waals surface area contributed by atoms with Gasteiger partial charge in [0.15, 0.2) is 0 Å². The number of allylic oxidation sites excluding steroid dienone is 3. The summed E-state index contributed by atoms with van der Waals surface area (Å²) < 4.78 is 0. The van der Waals surface area contributed by atoms with Crippen LogP contribution in [0.3, 0.4) is 0 Å². The van der Waals surface area contributed by atoms with E-state index in [1.54, 1.807) is 6.20 Å². The lowest BCUT2D eigenvalue weighted by Crippen LogP contribution is -2.58. The average Bonchev–Trinajstić information content (AvgIpc) is 3.01. The number of benzene rings is 3. The van der Waals surface area contributed by atoms with Crippen molar-refractivity contribution < 1.29 is 0 Å². The third-order valence-electron chi connectivity index (χ3n) is 9.79. The van der Waals surface area contributed by atoms with Crippen molar-refractivity contribution in [2.45, 2.75) is 69.2 Å². The van der Waals surface area contributed by atoms with Crippen LogP contribution in [0.25, 0.3) is 27.8 Å². The largest absolute Gasteiger partial charge is 0.273 e. The number of nitrogens with zero attached hydrogens (tertiary/aromatic N) is 3. The van der Waals surface area contributed by atoms with Crippen molar-refractivity contribution in [2.75, 3.05) is 0 Å². The first-order chi connectivity index (χ1) is 22.5. The molecule has 0 spiro atoms. The molecule has 0 aliphatic rings. The first-order valence-corrected chi connectivity index (χ1v) is 16.4. The Balaban J connectivity index is 1.96. The predicted octanol–water partition coefficient (Wildman–Crippen LogP) is 8.72. The number of hydrogen-bond donors (Lipinski definition) is 0. The lowest BCUT2D eigenvalue weighted by Gasteiger charge is -2.31. The van der Waals surface area contributed by atoms with Gasteiger partial charge in [-0.15, -0.1) is 0 Å². The number of aliphatic imine (C=N–C) groups is 1. The van der Waals surface area contributed by atoms with E-state index in [1.165, 1.54) is 88.7 Å². The van der Waals surface area contributed by atoms with Gasteiger partial charge in [-0.2, -0.15) is 0 Å². The highest BCUT2D eigenvalue weighted by Gasteiger charge is 2.34. The van der Waals surface area contributed by atoms with E-state index in [2.05, 4.69) is 127 Å². The molecule has 236 valence electrons. The van der Waals surface area contributed by atoms with Crippen molar-refractivity contribution in [3.8, 4) is 22.3 Å². The molecule has 3 nitrogen and oxygen atoms in total. The van der Waals surface area contributed by atoms with Gasteiger partial charge in [0, 0.05) is 42.1 Å². The van der Waals surface area contributed by atoms with Crippen molar-refractivity contribution in [1.29, 1.82) is 0 Å². The molecule has 0 aliphatic heterocycles. The first kappa shape index (κ1) is 33.5. The first-order valence-electron chi connectivity index (χ1n) is 16.4. The summed E-state index contributed by atoms with van der Waals surface area (Å²) in [6.07, 6.45) is 13.5. The Hall–Kier alpha value is -4.83. The smallest absolute Gasteiger partial charge is 0.243 e. The SMILES string of the molecule is C=N/C=C\C=C(/C)c1c(C)cc(C)c(B(c2c(C)cc(C)c(-c3cccnc3)c2C)c2c(C)cc(C)c(-c3cccnc3)c2C)c1C. The number of aryl methyl sites for hydroxylation is 6. The molecule has 3 aromatic carbocycles. The summed E-state index contributed by atoms with van der Waals surface area (Å²) in [6.45, 7) is 26.3. The van der Waals surface area contributed by atoms with Gasteiger partial charge in [0.2, 0.25) is 6.71 Å². The Morgan fingerprint density at radius 1 is 0.638 bits per heavy atom. The van der Waals surface area contributed by atoms with Crippen LogP contribution in [0, 0.1) is 62.3 Å². The Kier molecular flexibility index (Phi) is 9.91. The topological polar surface area (TPSA) is 38.1 Å². The number of aromatic nitrogens is 2. The van der Waals surface area contributed by atoms with Gasteiger partial charge >= 0.3 is 0 Å². The molecule has 47 heavy (non-hydrogen) atoms. The molecular formula is C43H46BN3. The van der Waals surface area contributed by atoms with E-state index in [-0.39, 0.29) is 6.71 Å². The molecule has 2 heterocycles. The minimum absolute atomic E-state index is 0.000392. The maximum atomic E-state index is 4.51. The monoisotopic (exact) mass is 615 g/mol. The molecular weight excluding hydrogens is 569 g/mol. The molecule has 0 atom stereocenters. The van der Waals surface area contributed by atoms with Crippen molar-refractivity contribution in [1.82, 2.24) is 9.97 Å². The molecule has 0 saturated carbocycles. The van der Waals surface area contributed by atoms with E-state index in [0.29, 0.717) is 0 Å². The highest BCUT2D eigenvalue weighted by atomic mass is 14.6. The van der Waals surface area contributed by atoms with E-state index in [1.807, 2.05) is 43.0 Å². The van der Waals surface area contributed by atoms with Crippen LogP contribution in [0.1, 0.15) is 62.6 Å². The molecule has 2 aromatic heterocycles. The van der Waals surface area contributed by atoms with Gasteiger partial charge in [-0.1, -0.05) is 69.5 Å². The van der Waals surface area contributed by atoms with Crippen molar-refractivity contribution in [3.05, 3.63) is 141 Å². The molecule has 0 aliphatic carbocycles. The molecule has 4 heteroatoms. The zero-order chi connectivity index (χ0) is 34.0. The summed E-state index contributed by atoms with van der Waals surface area (Å²) in [7, 11) is 0. The van der Waals surface area contributed by atoms with Gasteiger partial charge in [0.05, 0.1) is 0 Å². The maximum absolute atomic E-state index is 4.51. The van der Waals surface area contributed by atoms with Crippen molar-refractivity contribution in [3.63, 3.8) is 0 Å². The zero-order valence-electron chi connectivity index (χ0n) is 29.7. The summed E-state index contributed by atoms with van der Waals surface area (Å²) >= 11 is 0. The minimum atomic E-state index is -0.000392. The third kappa shape index (κ3) is 6.30. The summed E-state index contributed by atoms with van der Waals surface area (Å²) in [6, 6.07) is 15.5. The van der Waals surface area contributed by atoms with Crippen molar-refractivity contribution in [2.24, 2.45) is 4.99 Å². The lowest BCUT2D eigenvalue weighted by molar-refractivity contribution is 1.29. The molecule has 0 saturated heterocycles. The fourth-order valence-corrected chi connectivity index (χ4v) is 8.22. The Labute approximate surface area is 282 Å². The van der Waals surface area contributed by atoms with E-state index >= 15 is 0 Å². The van der Waals surface area contributed by atoms with Gasteiger partial charge in [-0.25, -0.2) is 0 Å². The highest BCUT2D eigenvalue weighted by molar-refractivity contribution is 6.97. The van der Waals surface area contributed by atoms with Crippen LogP contribution in [0.2, 0.25) is 0 Å². The van der Waals surface area contributed by atoms with E-state index in [0.717, 1.165) is 11.1 Å². The standard InChI is InChI=1S/C43H46BN3/c1-26(15-12-18-45-11)38-27(2)21-30(5)41(33(38)8)44(42-31(6)22-28(3)39(34(42)9)36-16-13-19-46-24-36)43-32(7)23-29(4)40(35(43)10)37-17-14-20-47-25-37/h12-25H,11H2,1-10H3/b18-12-,26-15+. The normalized spacial score (nSPS) is 11.7. The highest BCUT2D eigenvalue weighted by Crippen LogP contribution is 2.31. The van der Waals surface area contributed by atoms with Crippen LogP contribution in [0.5, 0.6) is 0 Å². The number of hydrogen-bond acceptors (Lipinski definition) is 3. The predicted molar refractivity (Wildman–Crippen MR) is 205 cm³/mol.